The summed E-state index contributed by atoms with van der Waals surface area (Å²) < 4.78 is 24.6. The summed E-state index contributed by atoms with van der Waals surface area (Å²) in [4.78, 5) is 23.3. The van der Waals surface area contributed by atoms with Crippen LogP contribution in [0.3, 0.4) is 0 Å². The number of halogens is 1. The molecule has 2 heterocycles. The van der Waals surface area contributed by atoms with Crippen molar-refractivity contribution >= 4 is 11.9 Å². The van der Waals surface area contributed by atoms with E-state index in [-0.39, 0.29) is 24.6 Å². The van der Waals surface area contributed by atoms with Crippen molar-refractivity contribution in [2.45, 2.75) is 13.0 Å². The first-order valence-corrected chi connectivity index (χ1v) is 8.38. The highest BCUT2D eigenvalue weighted by molar-refractivity contribution is 5.97. The second-order valence-electron chi connectivity index (χ2n) is 5.68. The van der Waals surface area contributed by atoms with Crippen molar-refractivity contribution in [2.24, 2.45) is 5.73 Å². The van der Waals surface area contributed by atoms with Gasteiger partial charge in [-0.2, -0.15) is 5.21 Å². The molecule has 12 heteroatoms. The SMILES string of the molecule is CC(=O)O.NCCOc1ccc(F)cc1C(=O)N1CCOC(c2nn[nH]n2)C1. The Bertz CT molecular complexity index is 784. The van der Waals surface area contributed by atoms with Gasteiger partial charge in [0.15, 0.2) is 0 Å². The number of benzene rings is 1. The Balaban J connectivity index is 0.000000640. The van der Waals surface area contributed by atoms with Crippen molar-refractivity contribution in [3.63, 3.8) is 0 Å². The summed E-state index contributed by atoms with van der Waals surface area (Å²) >= 11 is 0. The number of carboxylic acids is 1. The van der Waals surface area contributed by atoms with Gasteiger partial charge in [-0.15, -0.1) is 10.2 Å². The molecule has 0 saturated carbocycles. The number of carboxylic acid groups (broad SMARTS) is 1. The second kappa shape index (κ2) is 10.3. The molecular formula is C16H21FN6O5. The zero-order valence-electron chi connectivity index (χ0n) is 15.2. The number of hydrogen-bond acceptors (Lipinski definition) is 8. The molecule has 1 atom stereocenters. The Morgan fingerprint density at radius 2 is 2.25 bits per heavy atom. The normalized spacial score (nSPS) is 16.1. The molecule has 11 nitrogen and oxygen atoms in total. The van der Waals surface area contributed by atoms with E-state index in [9.17, 15) is 9.18 Å². The average Bonchev–Trinajstić information content (AvgIpc) is 3.21. The third kappa shape index (κ3) is 5.96. The fraction of sp³-hybridized carbons (Fsp3) is 0.438. The minimum absolute atomic E-state index is 0.150. The largest absolute Gasteiger partial charge is 0.491 e. The number of nitrogens with zero attached hydrogens (tertiary/aromatic N) is 4. The summed E-state index contributed by atoms with van der Waals surface area (Å²) in [5, 5.41) is 21.0. The smallest absolute Gasteiger partial charge is 0.300 e. The monoisotopic (exact) mass is 396 g/mol. The van der Waals surface area contributed by atoms with Crippen LogP contribution in [-0.4, -0.2) is 75.4 Å². The minimum atomic E-state index is -0.833. The number of nitrogens with two attached hydrogens (primary N) is 1. The summed E-state index contributed by atoms with van der Waals surface area (Å²) in [6.45, 7) is 2.55. The van der Waals surface area contributed by atoms with Gasteiger partial charge in [-0.3, -0.25) is 9.59 Å². The molecule has 1 aliphatic rings. The highest BCUT2D eigenvalue weighted by Crippen LogP contribution is 2.25. The molecule has 1 aromatic heterocycles. The molecule has 0 spiro atoms. The number of aromatic nitrogens is 4. The molecule has 2 aromatic rings. The first-order valence-electron chi connectivity index (χ1n) is 8.38. The molecule has 28 heavy (non-hydrogen) atoms. The van der Waals surface area contributed by atoms with Gasteiger partial charge in [0.05, 0.1) is 18.7 Å². The Labute approximate surface area is 159 Å². The number of carbonyl (C=O) groups is 2. The molecule has 1 unspecified atom stereocenters. The van der Waals surface area contributed by atoms with Crippen LogP contribution in [0.25, 0.3) is 0 Å². The number of ether oxygens (including phenoxy) is 2. The van der Waals surface area contributed by atoms with E-state index >= 15 is 0 Å². The molecule has 1 aromatic carbocycles. The lowest BCUT2D eigenvalue weighted by Crippen LogP contribution is -2.42. The first kappa shape index (κ1) is 21.2. The van der Waals surface area contributed by atoms with Gasteiger partial charge in [0.25, 0.3) is 11.9 Å². The van der Waals surface area contributed by atoms with Crippen molar-refractivity contribution < 1.29 is 28.6 Å². The molecule has 4 N–H and O–H groups in total. The molecule has 152 valence electrons. The highest BCUT2D eigenvalue weighted by atomic mass is 19.1. The molecule has 1 saturated heterocycles. The fourth-order valence-electron chi connectivity index (χ4n) is 2.43. The van der Waals surface area contributed by atoms with Gasteiger partial charge in [0, 0.05) is 20.0 Å². The Kier molecular flexibility index (Phi) is 7.77. The van der Waals surface area contributed by atoms with Crippen LogP contribution in [-0.2, 0) is 9.53 Å². The number of rotatable bonds is 5. The van der Waals surface area contributed by atoms with Crippen molar-refractivity contribution in [3.8, 4) is 5.75 Å². The topological polar surface area (TPSA) is 157 Å². The second-order valence-corrected chi connectivity index (χ2v) is 5.68. The van der Waals surface area contributed by atoms with E-state index in [1.54, 1.807) is 4.90 Å². The maximum Gasteiger partial charge on any atom is 0.300 e. The van der Waals surface area contributed by atoms with Crippen LogP contribution in [0.5, 0.6) is 5.75 Å². The molecule has 1 aliphatic heterocycles. The van der Waals surface area contributed by atoms with Crippen LogP contribution in [0.4, 0.5) is 4.39 Å². The molecule has 0 bridgehead atoms. The van der Waals surface area contributed by atoms with E-state index < -0.39 is 17.9 Å². The molecule has 0 radical (unpaired) electrons. The first-order chi connectivity index (χ1) is 13.4. The Hall–Kier alpha value is -3.12. The number of aliphatic carboxylic acids is 1. The van der Waals surface area contributed by atoms with Crippen LogP contribution >= 0.6 is 0 Å². The number of hydrogen-bond donors (Lipinski definition) is 3. The standard InChI is InChI=1S/C14H17FN6O3.C2H4O2/c15-9-1-2-11(23-5-3-16)10(7-9)14(22)21-4-6-24-12(8-21)13-17-19-20-18-13;1-2(3)4/h1-2,7,12H,3-6,8,16H2,(H,17,18,19,20);1H3,(H,3,4). The summed E-state index contributed by atoms with van der Waals surface area (Å²) in [5.74, 6) is -1.03. The van der Waals surface area contributed by atoms with Crippen molar-refractivity contribution in [2.75, 3.05) is 32.8 Å². The van der Waals surface area contributed by atoms with Gasteiger partial charge in [-0.25, -0.2) is 4.39 Å². The van der Waals surface area contributed by atoms with Crippen LogP contribution < -0.4 is 10.5 Å². The zero-order valence-corrected chi connectivity index (χ0v) is 15.2. The van der Waals surface area contributed by atoms with E-state index in [1.165, 1.54) is 12.1 Å². The summed E-state index contributed by atoms with van der Waals surface area (Å²) in [6.07, 6.45) is -0.483. The van der Waals surface area contributed by atoms with Gasteiger partial charge >= 0.3 is 0 Å². The van der Waals surface area contributed by atoms with Crippen molar-refractivity contribution in [1.29, 1.82) is 0 Å². The van der Waals surface area contributed by atoms with Crippen molar-refractivity contribution in [1.82, 2.24) is 25.5 Å². The van der Waals surface area contributed by atoms with Crippen LogP contribution in [0.1, 0.15) is 29.2 Å². The fourth-order valence-corrected chi connectivity index (χ4v) is 2.43. The summed E-state index contributed by atoms with van der Waals surface area (Å²) in [6, 6.07) is 3.83. The lowest BCUT2D eigenvalue weighted by Gasteiger charge is -2.31. The predicted octanol–water partition coefficient (Wildman–Crippen LogP) is -0.0191. The van der Waals surface area contributed by atoms with Crippen LogP contribution in [0, 0.1) is 5.82 Å². The van der Waals surface area contributed by atoms with Gasteiger partial charge in [0.2, 0.25) is 5.82 Å². The summed E-state index contributed by atoms with van der Waals surface area (Å²) in [7, 11) is 0. The number of aromatic amines is 1. The molecular weight excluding hydrogens is 375 g/mol. The quantitative estimate of drug-likeness (QED) is 0.632. The zero-order chi connectivity index (χ0) is 20.5. The number of morpholine rings is 1. The third-order valence-corrected chi connectivity index (χ3v) is 3.55. The molecule has 3 rings (SSSR count). The van der Waals surface area contributed by atoms with Gasteiger partial charge in [-0.05, 0) is 18.2 Å². The number of tetrazole rings is 1. The van der Waals surface area contributed by atoms with Gasteiger partial charge in [-0.1, -0.05) is 5.21 Å². The Morgan fingerprint density at radius 1 is 1.50 bits per heavy atom. The van der Waals surface area contributed by atoms with Gasteiger partial charge < -0.3 is 25.2 Å². The lowest BCUT2D eigenvalue weighted by molar-refractivity contribution is -0.134. The number of amides is 1. The maximum absolute atomic E-state index is 13.6. The molecule has 1 amide bonds. The number of carbonyl (C=O) groups excluding carboxylic acids is 1. The summed E-state index contributed by atoms with van der Waals surface area (Å²) in [5.41, 5.74) is 5.56. The lowest BCUT2D eigenvalue weighted by atomic mass is 10.1. The van der Waals surface area contributed by atoms with E-state index in [1.807, 2.05) is 0 Å². The van der Waals surface area contributed by atoms with E-state index in [4.69, 9.17) is 25.1 Å². The number of nitrogens with one attached hydrogen (secondary N) is 1. The minimum Gasteiger partial charge on any atom is -0.491 e. The Morgan fingerprint density at radius 3 is 2.89 bits per heavy atom. The molecule has 0 aliphatic carbocycles. The average molecular weight is 396 g/mol. The number of H-pyrrole nitrogens is 1. The maximum atomic E-state index is 13.6. The molecule has 1 fully saturated rings. The van der Waals surface area contributed by atoms with Crippen LogP contribution in [0.15, 0.2) is 18.2 Å². The van der Waals surface area contributed by atoms with Crippen LogP contribution in [0.2, 0.25) is 0 Å². The van der Waals surface area contributed by atoms with E-state index in [0.717, 1.165) is 13.0 Å². The van der Waals surface area contributed by atoms with Crippen molar-refractivity contribution in [3.05, 3.63) is 35.4 Å². The predicted molar refractivity (Wildman–Crippen MR) is 93.0 cm³/mol. The van der Waals surface area contributed by atoms with E-state index in [2.05, 4.69) is 20.6 Å². The van der Waals surface area contributed by atoms with Gasteiger partial charge in [0.1, 0.15) is 24.3 Å². The van der Waals surface area contributed by atoms with E-state index in [0.29, 0.717) is 31.3 Å². The third-order valence-electron chi connectivity index (χ3n) is 3.55. The highest BCUT2D eigenvalue weighted by Gasteiger charge is 2.30.